The van der Waals surface area contributed by atoms with Crippen LogP contribution in [0.5, 0.6) is 0 Å². The number of benzene rings is 1. The summed E-state index contributed by atoms with van der Waals surface area (Å²) in [7, 11) is 1.60. The van der Waals surface area contributed by atoms with Crippen molar-refractivity contribution >= 4 is 28.6 Å². The van der Waals surface area contributed by atoms with Crippen LogP contribution in [-0.2, 0) is 9.53 Å². The van der Waals surface area contributed by atoms with Crippen LogP contribution in [0.4, 0.5) is 0 Å². The van der Waals surface area contributed by atoms with E-state index in [9.17, 15) is 9.59 Å². The molecule has 1 N–H and O–H groups in total. The Morgan fingerprint density at radius 2 is 1.96 bits per heavy atom. The molecular formula is C19H27N3O3S. The number of aromatic nitrogens is 2. The first kappa shape index (κ1) is 20.5. The number of hydrogen-bond acceptors (Lipinski definition) is 5. The second-order valence-corrected chi connectivity index (χ2v) is 7.72. The smallest absolute Gasteiger partial charge is 0.262 e. The molecule has 6 nitrogen and oxygen atoms in total. The molecule has 0 aliphatic heterocycles. The van der Waals surface area contributed by atoms with Gasteiger partial charge >= 0.3 is 0 Å². The van der Waals surface area contributed by atoms with Crippen molar-refractivity contribution in [2.24, 2.45) is 5.92 Å². The number of ether oxygens (including phenoxy) is 1. The molecule has 0 radical (unpaired) electrons. The van der Waals surface area contributed by atoms with Gasteiger partial charge in [-0.15, -0.1) is 0 Å². The number of carbonyl (C=O) groups is 1. The zero-order valence-electron chi connectivity index (χ0n) is 16.0. The van der Waals surface area contributed by atoms with Crippen LogP contribution in [0.3, 0.4) is 0 Å². The van der Waals surface area contributed by atoms with E-state index in [2.05, 4.69) is 24.1 Å². The van der Waals surface area contributed by atoms with Gasteiger partial charge in [0, 0.05) is 13.2 Å². The van der Waals surface area contributed by atoms with Crippen LogP contribution in [0.2, 0.25) is 0 Å². The quantitative estimate of drug-likeness (QED) is 0.566. The number of thioether (sulfide) groups is 1. The molecule has 142 valence electrons. The van der Waals surface area contributed by atoms with E-state index in [1.54, 1.807) is 17.7 Å². The highest BCUT2D eigenvalue weighted by Crippen LogP contribution is 2.21. The predicted molar refractivity (Wildman–Crippen MR) is 106 cm³/mol. The van der Waals surface area contributed by atoms with E-state index in [0.717, 1.165) is 0 Å². The molecule has 0 fully saturated rings. The first-order valence-electron chi connectivity index (χ1n) is 8.77. The van der Waals surface area contributed by atoms with E-state index < -0.39 is 0 Å². The summed E-state index contributed by atoms with van der Waals surface area (Å²) < 4.78 is 6.83. The summed E-state index contributed by atoms with van der Waals surface area (Å²) >= 11 is 1.28. The second-order valence-electron chi connectivity index (χ2n) is 6.78. The Bertz CT molecular complexity index is 819. The molecule has 0 bridgehead atoms. The van der Waals surface area contributed by atoms with E-state index in [4.69, 9.17) is 4.74 Å². The van der Waals surface area contributed by atoms with E-state index in [-0.39, 0.29) is 29.3 Å². The first-order valence-corrected chi connectivity index (χ1v) is 9.76. The van der Waals surface area contributed by atoms with Crippen LogP contribution >= 0.6 is 11.8 Å². The van der Waals surface area contributed by atoms with E-state index in [1.165, 1.54) is 11.8 Å². The van der Waals surface area contributed by atoms with Gasteiger partial charge in [-0.25, -0.2) is 4.98 Å². The third-order valence-corrected chi connectivity index (χ3v) is 5.30. The molecule has 1 aromatic heterocycles. The fraction of sp³-hybridized carbons (Fsp3) is 0.526. The number of methoxy groups -OCH3 is 1. The van der Waals surface area contributed by atoms with Gasteiger partial charge in [0.25, 0.3) is 5.56 Å². The van der Waals surface area contributed by atoms with Gasteiger partial charge in [-0.3, -0.25) is 14.2 Å². The summed E-state index contributed by atoms with van der Waals surface area (Å²) in [5.41, 5.74) is 0.524. The van der Waals surface area contributed by atoms with Gasteiger partial charge in [-0.05, 0) is 31.9 Å². The maximum atomic E-state index is 12.9. The molecule has 0 saturated heterocycles. The predicted octanol–water partition coefficient (Wildman–Crippen LogP) is 2.86. The van der Waals surface area contributed by atoms with Gasteiger partial charge in [-0.1, -0.05) is 37.7 Å². The largest absolute Gasteiger partial charge is 0.383 e. The molecule has 0 unspecified atom stereocenters. The Morgan fingerprint density at radius 1 is 1.27 bits per heavy atom. The second kappa shape index (κ2) is 9.19. The van der Waals surface area contributed by atoms with Gasteiger partial charge in [0.05, 0.1) is 29.3 Å². The van der Waals surface area contributed by atoms with Crippen LogP contribution in [0.15, 0.2) is 34.2 Å². The molecule has 7 heteroatoms. The Labute approximate surface area is 158 Å². The Hall–Kier alpha value is -1.86. The molecule has 0 aliphatic carbocycles. The topological polar surface area (TPSA) is 73.2 Å². The monoisotopic (exact) mass is 377 g/mol. The van der Waals surface area contributed by atoms with Crippen LogP contribution in [0.1, 0.15) is 33.7 Å². The summed E-state index contributed by atoms with van der Waals surface area (Å²) in [5, 5.41) is 4.08. The number of rotatable bonds is 8. The lowest BCUT2D eigenvalue weighted by atomic mass is 10.1. The van der Waals surface area contributed by atoms with Gasteiger partial charge in [0.15, 0.2) is 5.16 Å². The van der Waals surface area contributed by atoms with Crippen LogP contribution < -0.4 is 10.9 Å². The normalized spacial score (nSPS) is 13.8. The molecule has 26 heavy (non-hydrogen) atoms. The standard InChI is InChI=1S/C19H27N3O3S/c1-12(2)14(4)20-17(23)11-26-19-21-16-9-7-6-8-15(16)18(24)22(19)13(3)10-25-5/h6-9,12-14H,10-11H2,1-5H3,(H,20,23)/t13-,14+/m0/s1. The molecule has 2 aromatic rings. The van der Waals surface area contributed by atoms with Crippen LogP contribution in [-0.4, -0.2) is 41.0 Å². The Morgan fingerprint density at radius 3 is 2.62 bits per heavy atom. The lowest BCUT2D eigenvalue weighted by molar-refractivity contribution is -0.119. The van der Waals surface area contributed by atoms with Gasteiger partial charge in [0.2, 0.25) is 5.91 Å². The Balaban J connectivity index is 2.31. The number of nitrogens with zero attached hydrogens (tertiary/aromatic N) is 2. The molecule has 0 aliphatic rings. The fourth-order valence-corrected chi connectivity index (χ4v) is 3.43. The molecule has 2 rings (SSSR count). The molecular weight excluding hydrogens is 350 g/mol. The minimum absolute atomic E-state index is 0.0652. The van der Waals surface area contributed by atoms with E-state index in [0.29, 0.717) is 28.6 Å². The lowest BCUT2D eigenvalue weighted by Gasteiger charge is -2.20. The number of hydrogen-bond donors (Lipinski definition) is 1. The third-order valence-electron chi connectivity index (χ3n) is 4.35. The highest BCUT2D eigenvalue weighted by molar-refractivity contribution is 7.99. The van der Waals surface area contributed by atoms with Crippen molar-refractivity contribution in [1.82, 2.24) is 14.9 Å². The summed E-state index contributed by atoms with van der Waals surface area (Å²) in [4.78, 5) is 29.8. The highest BCUT2D eigenvalue weighted by Gasteiger charge is 2.18. The van der Waals surface area contributed by atoms with Crippen molar-refractivity contribution in [1.29, 1.82) is 0 Å². The number of amides is 1. The molecule has 1 aromatic carbocycles. The average Bonchev–Trinajstić information content (AvgIpc) is 2.60. The molecule has 1 heterocycles. The SMILES string of the molecule is COC[C@H](C)n1c(SCC(=O)N[C@H](C)C(C)C)nc2ccccc2c1=O. The first-order chi connectivity index (χ1) is 12.3. The van der Waals surface area contributed by atoms with Gasteiger partial charge in [0.1, 0.15) is 0 Å². The van der Waals surface area contributed by atoms with E-state index >= 15 is 0 Å². The fourth-order valence-electron chi connectivity index (χ4n) is 2.52. The van der Waals surface area contributed by atoms with Crippen molar-refractivity contribution in [2.75, 3.05) is 19.5 Å². The summed E-state index contributed by atoms with van der Waals surface area (Å²) in [5.74, 6) is 0.508. The zero-order valence-corrected chi connectivity index (χ0v) is 16.8. The van der Waals surface area contributed by atoms with Crippen molar-refractivity contribution in [3.63, 3.8) is 0 Å². The van der Waals surface area contributed by atoms with Crippen molar-refractivity contribution in [3.05, 3.63) is 34.6 Å². The Kier molecular flexibility index (Phi) is 7.23. The van der Waals surface area contributed by atoms with Crippen molar-refractivity contribution < 1.29 is 9.53 Å². The zero-order chi connectivity index (χ0) is 19.3. The van der Waals surface area contributed by atoms with Crippen LogP contribution in [0, 0.1) is 5.92 Å². The van der Waals surface area contributed by atoms with Crippen molar-refractivity contribution in [2.45, 2.75) is 44.9 Å². The van der Waals surface area contributed by atoms with E-state index in [1.807, 2.05) is 32.0 Å². The average molecular weight is 378 g/mol. The van der Waals surface area contributed by atoms with Crippen LogP contribution in [0.25, 0.3) is 10.9 Å². The summed E-state index contributed by atoms with van der Waals surface area (Å²) in [6, 6.07) is 7.18. The molecule has 0 saturated carbocycles. The third kappa shape index (κ3) is 4.86. The minimum atomic E-state index is -0.176. The highest BCUT2D eigenvalue weighted by atomic mass is 32.2. The van der Waals surface area contributed by atoms with Crippen molar-refractivity contribution in [3.8, 4) is 0 Å². The molecule has 0 spiro atoms. The number of nitrogens with one attached hydrogen (secondary N) is 1. The van der Waals surface area contributed by atoms with Gasteiger partial charge in [-0.2, -0.15) is 0 Å². The number of carbonyl (C=O) groups excluding carboxylic acids is 1. The number of fused-ring (bicyclic) bond motifs is 1. The lowest BCUT2D eigenvalue weighted by Crippen LogP contribution is -2.37. The molecule has 2 atom stereocenters. The summed E-state index contributed by atoms with van der Waals surface area (Å²) in [6.45, 7) is 8.41. The minimum Gasteiger partial charge on any atom is -0.383 e. The summed E-state index contributed by atoms with van der Waals surface area (Å²) in [6.07, 6.45) is 0. The molecule has 1 amide bonds. The van der Waals surface area contributed by atoms with Gasteiger partial charge < -0.3 is 10.1 Å². The number of para-hydroxylation sites is 1. The maximum Gasteiger partial charge on any atom is 0.262 e. The maximum absolute atomic E-state index is 12.9.